The van der Waals surface area contributed by atoms with Gasteiger partial charge in [0.2, 0.25) is 5.91 Å². The zero-order valence-electron chi connectivity index (χ0n) is 13.2. The number of nitrogens with one attached hydrogen (secondary N) is 1. The molecule has 0 fully saturated rings. The van der Waals surface area contributed by atoms with Crippen molar-refractivity contribution in [2.24, 2.45) is 0 Å². The monoisotopic (exact) mass is 278 g/mol. The van der Waals surface area contributed by atoms with E-state index < -0.39 is 0 Å². The molecule has 1 aromatic rings. The topological polar surface area (TPSA) is 41.6 Å². The molecule has 1 unspecified atom stereocenters. The van der Waals surface area contributed by atoms with Crippen molar-refractivity contribution in [2.75, 3.05) is 27.2 Å². The first-order valence-electron chi connectivity index (χ1n) is 7.12. The number of carbonyl (C=O) groups is 1. The molecule has 0 spiro atoms. The van der Waals surface area contributed by atoms with Gasteiger partial charge in [0.25, 0.3) is 0 Å². The molecule has 0 saturated heterocycles. The fourth-order valence-electron chi connectivity index (χ4n) is 2.01. The quantitative estimate of drug-likeness (QED) is 0.833. The van der Waals surface area contributed by atoms with Crippen LogP contribution in [0.5, 0.6) is 5.75 Å². The summed E-state index contributed by atoms with van der Waals surface area (Å²) in [6.45, 7) is 7.56. The van der Waals surface area contributed by atoms with Crippen LogP contribution in [0, 0.1) is 6.92 Å². The zero-order chi connectivity index (χ0) is 15.1. The minimum atomic E-state index is 0.0823. The Hall–Kier alpha value is -1.55. The van der Waals surface area contributed by atoms with Gasteiger partial charge in [0, 0.05) is 25.7 Å². The smallest absolute Gasteiger partial charge is 0.225 e. The molecule has 112 valence electrons. The molecule has 1 N–H and O–H groups in total. The van der Waals surface area contributed by atoms with Crippen LogP contribution in [0.4, 0.5) is 0 Å². The van der Waals surface area contributed by atoms with Crippen molar-refractivity contribution in [3.63, 3.8) is 0 Å². The number of carbonyl (C=O) groups excluding carboxylic acids is 1. The second kappa shape index (κ2) is 7.90. The molecule has 0 aromatic heterocycles. The van der Waals surface area contributed by atoms with Gasteiger partial charge in [-0.25, -0.2) is 0 Å². The molecule has 4 heteroatoms. The van der Waals surface area contributed by atoms with Crippen molar-refractivity contribution in [3.05, 3.63) is 29.3 Å². The lowest BCUT2D eigenvalue weighted by Crippen LogP contribution is -2.24. The van der Waals surface area contributed by atoms with Gasteiger partial charge in [-0.15, -0.1) is 0 Å². The molecule has 0 radical (unpaired) electrons. The highest BCUT2D eigenvalue weighted by atomic mass is 16.5. The van der Waals surface area contributed by atoms with E-state index in [1.54, 1.807) is 19.0 Å². The standard InChI is InChI=1S/C16H26N2O2/c1-6-17-13(3)14-8-7-12(2)11-15(14)20-10-9-16(19)18(4)5/h7-8,11,13,17H,6,9-10H2,1-5H3. The van der Waals surface area contributed by atoms with Crippen LogP contribution < -0.4 is 10.1 Å². The van der Waals surface area contributed by atoms with E-state index in [0.717, 1.165) is 23.4 Å². The highest BCUT2D eigenvalue weighted by Crippen LogP contribution is 2.26. The van der Waals surface area contributed by atoms with Crippen molar-refractivity contribution in [3.8, 4) is 5.75 Å². The summed E-state index contributed by atoms with van der Waals surface area (Å²) < 4.78 is 5.82. The Morgan fingerprint density at radius 1 is 1.40 bits per heavy atom. The van der Waals surface area contributed by atoms with Gasteiger partial charge < -0.3 is 15.0 Å². The van der Waals surface area contributed by atoms with Crippen LogP contribution in [0.25, 0.3) is 0 Å². The summed E-state index contributed by atoms with van der Waals surface area (Å²) >= 11 is 0. The molecular weight excluding hydrogens is 252 g/mol. The second-order valence-electron chi connectivity index (χ2n) is 5.21. The Labute approximate surface area is 122 Å². The van der Waals surface area contributed by atoms with Gasteiger partial charge in [-0.05, 0) is 32.0 Å². The van der Waals surface area contributed by atoms with Crippen LogP contribution in [0.1, 0.15) is 37.4 Å². The summed E-state index contributed by atoms with van der Waals surface area (Å²) in [6, 6.07) is 6.44. The van der Waals surface area contributed by atoms with Gasteiger partial charge in [0.05, 0.1) is 13.0 Å². The van der Waals surface area contributed by atoms with E-state index in [1.807, 2.05) is 13.0 Å². The maximum absolute atomic E-state index is 11.6. The molecule has 1 rings (SSSR count). The minimum absolute atomic E-state index is 0.0823. The molecule has 20 heavy (non-hydrogen) atoms. The third kappa shape index (κ3) is 4.85. The van der Waals surface area contributed by atoms with Gasteiger partial charge in [-0.1, -0.05) is 19.1 Å². The average molecular weight is 278 g/mol. The summed E-state index contributed by atoms with van der Waals surface area (Å²) in [4.78, 5) is 13.1. The molecule has 1 amide bonds. The lowest BCUT2D eigenvalue weighted by molar-refractivity contribution is -0.129. The zero-order valence-corrected chi connectivity index (χ0v) is 13.2. The van der Waals surface area contributed by atoms with E-state index in [4.69, 9.17) is 4.74 Å². The minimum Gasteiger partial charge on any atom is -0.493 e. The number of aryl methyl sites for hydroxylation is 1. The maximum Gasteiger partial charge on any atom is 0.225 e. The molecule has 0 aliphatic heterocycles. The third-order valence-corrected chi connectivity index (χ3v) is 3.22. The van der Waals surface area contributed by atoms with E-state index in [1.165, 1.54) is 0 Å². The second-order valence-corrected chi connectivity index (χ2v) is 5.21. The van der Waals surface area contributed by atoms with E-state index in [0.29, 0.717) is 13.0 Å². The first-order chi connectivity index (χ1) is 9.45. The van der Waals surface area contributed by atoms with Gasteiger partial charge in [-0.2, -0.15) is 0 Å². The molecular formula is C16H26N2O2. The summed E-state index contributed by atoms with van der Waals surface area (Å²) in [6.07, 6.45) is 0.399. The molecule has 0 aliphatic rings. The Morgan fingerprint density at radius 3 is 2.70 bits per heavy atom. The summed E-state index contributed by atoms with van der Waals surface area (Å²) in [5.74, 6) is 0.948. The number of nitrogens with zero attached hydrogens (tertiary/aromatic N) is 1. The average Bonchev–Trinajstić information content (AvgIpc) is 2.38. The number of benzene rings is 1. The van der Waals surface area contributed by atoms with Crippen molar-refractivity contribution >= 4 is 5.91 Å². The van der Waals surface area contributed by atoms with E-state index in [9.17, 15) is 4.79 Å². The number of hydrogen-bond donors (Lipinski definition) is 1. The van der Waals surface area contributed by atoms with Crippen molar-refractivity contribution in [1.29, 1.82) is 0 Å². The molecule has 4 nitrogen and oxygen atoms in total. The largest absolute Gasteiger partial charge is 0.493 e. The van der Waals surface area contributed by atoms with Crippen LogP contribution in [0.2, 0.25) is 0 Å². The molecule has 1 atom stereocenters. The summed E-state index contributed by atoms with van der Waals surface area (Å²) in [7, 11) is 3.52. The predicted molar refractivity (Wildman–Crippen MR) is 82.1 cm³/mol. The van der Waals surface area contributed by atoms with Crippen molar-refractivity contribution in [1.82, 2.24) is 10.2 Å². The summed E-state index contributed by atoms with van der Waals surface area (Å²) in [5.41, 5.74) is 2.29. The Kier molecular flexibility index (Phi) is 6.52. The maximum atomic E-state index is 11.6. The Balaban J connectivity index is 2.72. The van der Waals surface area contributed by atoms with Crippen molar-refractivity contribution < 1.29 is 9.53 Å². The number of amides is 1. The van der Waals surface area contributed by atoms with Crippen LogP contribution in [-0.2, 0) is 4.79 Å². The van der Waals surface area contributed by atoms with Gasteiger partial charge >= 0.3 is 0 Å². The highest BCUT2D eigenvalue weighted by Gasteiger charge is 2.12. The Morgan fingerprint density at radius 2 is 2.10 bits per heavy atom. The molecule has 1 aromatic carbocycles. The molecule has 0 heterocycles. The fraction of sp³-hybridized carbons (Fsp3) is 0.562. The molecule has 0 bridgehead atoms. The fourth-order valence-corrected chi connectivity index (χ4v) is 2.01. The van der Waals surface area contributed by atoms with E-state index in [2.05, 4.69) is 31.3 Å². The van der Waals surface area contributed by atoms with Gasteiger partial charge in [-0.3, -0.25) is 4.79 Å². The lowest BCUT2D eigenvalue weighted by atomic mass is 10.0. The van der Waals surface area contributed by atoms with Crippen LogP contribution in [0.3, 0.4) is 0 Å². The lowest BCUT2D eigenvalue weighted by Gasteiger charge is -2.18. The summed E-state index contributed by atoms with van der Waals surface area (Å²) in [5, 5.41) is 3.38. The predicted octanol–water partition coefficient (Wildman–Crippen LogP) is 2.52. The number of rotatable bonds is 7. The van der Waals surface area contributed by atoms with Crippen molar-refractivity contribution in [2.45, 2.75) is 33.2 Å². The van der Waals surface area contributed by atoms with Crippen LogP contribution in [0.15, 0.2) is 18.2 Å². The number of hydrogen-bond acceptors (Lipinski definition) is 3. The number of ether oxygens (including phenoxy) is 1. The van der Waals surface area contributed by atoms with E-state index >= 15 is 0 Å². The van der Waals surface area contributed by atoms with Gasteiger partial charge in [0.15, 0.2) is 0 Å². The van der Waals surface area contributed by atoms with Crippen LogP contribution >= 0.6 is 0 Å². The highest BCUT2D eigenvalue weighted by molar-refractivity contribution is 5.75. The SMILES string of the molecule is CCNC(C)c1ccc(C)cc1OCCC(=O)N(C)C. The molecule has 0 aliphatic carbocycles. The third-order valence-electron chi connectivity index (χ3n) is 3.22. The molecule has 0 saturated carbocycles. The Bertz CT molecular complexity index is 444. The van der Waals surface area contributed by atoms with Gasteiger partial charge in [0.1, 0.15) is 5.75 Å². The van der Waals surface area contributed by atoms with E-state index in [-0.39, 0.29) is 11.9 Å². The first-order valence-corrected chi connectivity index (χ1v) is 7.12. The van der Waals surface area contributed by atoms with Crippen LogP contribution in [-0.4, -0.2) is 38.1 Å². The normalized spacial score (nSPS) is 12.1. The first kappa shape index (κ1) is 16.5.